The van der Waals surface area contributed by atoms with Crippen LogP contribution in [0.5, 0.6) is 0 Å². The van der Waals surface area contributed by atoms with Gasteiger partial charge in [0.1, 0.15) is 5.56 Å². The fourth-order valence-corrected chi connectivity index (χ4v) is 2.25. The molecule has 0 aliphatic carbocycles. The lowest BCUT2D eigenvalue weighted by Gasteiger charge is -2.13. The van der Waals surface area contributed by atoms with Crippen LogP contribution in [0.15, 0.2) is 48.5 Å². The van der Waals surface area contributed by atoms with E-state index in [2.05, 4.69) is 5.32 Å². The number of amides is 1. The lowest BCUT2D eigenvalue weighted by molar-refractivity contribution is -0.385. The van der Waals surface area contributed by atoms with Crippen molar-refractivity contribution in [3.05, 3.63) is 74.8 Å². The molecule has 1 atom stereocenters. The number of carbonyl (C=O) groups excluding carboxylic acids is 1. The van der Waals surface area contributed by atoms with Crippen LogP contribution in [0.3, 0.4) is 0 Å². The maximum atomic E-state index is 12.2. The second-order valence-electron chi connectivity index (χ2n) is 4.94. The lowest BCUT2D eigenvalue weighted by Crippen LogP contribution is -2.28. The van der Waals surface area contributed by atoms with Crippen LogP contribution in [0, 0.1) is 10.1 Å². The SMILES string of the molecule is CC(CNC(=O)c1ccc(Cl)cc1[N+](=O)[O-])c1ccccc1. The number of nitro benzene ring substituents is 1. The second-order valence-corrected chi connectivity index (χ2v) is 5.38. The highest BCUT2D eigenvalue weighted by Gasteiger charge is 2.20. The van der Waals surface area contributed by atoms with Crippen molar-refractivity contribution >= 4 is 23.2 Å². The molecule has 0 spiro atoms. The van der Waals surface area contributed by atoms with Crippen LogP contribution in [0.1, 0.15) is 28.8 Å². The van der Waals surface area contributed by atoms with E-state index in [0.717, 1.165) is 5.56 Å². The quantitative estimate of drug-likeness (QED) is 0.673. The maximum Gasteiger partial charge on any atom is 0.283 e. The van der Waals surface area contributed by atoms with Gasteiger partial charge in [0.2, 0.25) is 0 Å². The number of nitrogens with zero attached hydrogens (tertiary/aromatic N) is 1. The van der Waals surface area contributed by atoms with Gasteiger partial charge in [0.15, 0.2) is 0 Å². The van der Waals surface area contributed by atoms with Crippen molar-refractivity contribution in [2.24, 2.45) is 0 Å². The van der Waals surface area contributed by atoms with E-state index >= 15 is 0 Å². The average Bonchev–Trinajstić information content (AvgIpc) is 2.53. The Bertz CT molecular complexity index is 689. The Morgan fingerprint density at radius 3 is 2.59 bits per heavy atom. The van der Waals surface area contributed by atoms with Gasteiger partial charge in [-0.2, -0.15) is 0 Å². The molecular weight excluding hydrogens is 304 g/mol. The highest BCUT2D eigenvalue weighted by atomic mass is 35.5. The Labute approximate surface area is 133 Å². The lowest BCUT2D eigenvalue weighted by atomic mass is 10.0. The van der Waals surface area contributed by atoms with Crippen molar-refractivity contribution in [2.75, 3.05) is 6.54 Å². The smallest absolute Gasteiger partial charge is 0.283 e. The largest absolute Gasteiger partial charge is 0.351 e. The third-order valence-electron chi connectivity index (χ3n) is 3.34. The second kappa shape index (κ2) is 7.04. The number of rotatable bonds is 5. The first kappa shape index (κ1) is 16.0. The summed E-state index contributed by atoms with van der Waals surface area (Å²) >= 11 is 5.74. The number of hydrogen-bond acceptors (Lipinski definition) is 3. The minimum Gasteiger partial charge on any atom is -0.351 e. The standard InChI is InChI=1S/C16H15ClN2O3/c1-11(12-5-3-2-4-6-12)10-18-16(20)14-8-7-13(17)9-15(14)19(21)22/h2-9,11H,10H2,1H3,(H,18,20). The summed E-state index contributed by atoms with van der Waals surface area (Å²) in [4.78, 5) is 22.6. The monoisotopic (exact) mass is 318 g/mol. The molecule has 114 valence electrons. The molecule has 0 aliphatic heterocycles. The van der Waals surface area contributed by atoms with Gasteiger partial charge in [-0.15, -0.1) is 0 Å². The summed E-state index contributed by atoms with van der Waals surface area (Å²) in [7, 11) is 0. The number of benzene rings is 2. The minimum absolute atomic E-state index is 0.00895. The van der Waals surface area contributed by atoms with Gasteiger partial charge in [0.25, 0.3) is 11.6 Å². The van der Waals surface area contributed by atoms with E-state index in [4.69, 9.17) is 11.6 Å². The van der Waals surface area contributed by atoms with Crippen LogP contribution >= 0.6 is 11.6 Å². The minimum atomic E-state index is -0.610. The summed E-state index contributed by atoms with van der Waals surface area (Å²) < 4.78 is 0. The van der Waals surface area contributed by atoms with Crippen LogP contribution in [0.25, 0.3) is 0 Å². The molecule has 1 amide bonds. The number of halogens is 1. The summed E-state index contributed by atoms with van der Waals surface area (Å²) in [5, 5.41) is 14.0. The van der Waals surface area contributed by atoms with E-state index in [1.54, 1.807) is 0 Å². The Balaban J connectivity index is 2.08. The van der Waals surface area contributed by atoms with Crippen molar-refractivity contribution in [3.8, 4) is 0 Å². The van der Waals surface area contributed by atoms with E-state index < -0.39 is 10.8 Å². The van der Waals surface area contributed by atoms with Gasteiger partial charge in [-0.1, -0.05) is 48.9 Å². The summed E-state index contributed by atoms with van der Waals surface area (Å²) in [6.07, 6.45) is 0. The molecule has 0 saturated carbocycles. The number of hydrogen-bond donors (Lipinski definition) is 1. The van der Waals surface area contributed by atoms with Crippen LogP contribution in [0.4, 0.5) is 5.69 Å². The molecule has 2 rings (SSSR count). The molecule has 1 unspecified atom stereocenters. The number of nitro groups is 1. The molecule has 0 bridgehead atoms. The van der Waals surface area contributed by atoms with Crippen molar-refractivity contribution in [1.29, 1.82) is 0 Å². The topological polar surface area (TPSA) is 72.2 Å². The van der Waals surface area contributed by atoms with Gasteiger partial charge in [0.05, 0.1) is 4.92 Å². The fourth-order valence-electron chi connectivity index (χ4n) is 2.09. The summed E-state index contributed by atoms with van der Waals surface area (Å²) in [5.74, 6) is -0.373. The van der Waals surface area contributed by atoms with E-state index in [9.17, 15) is 14.9 Å². The third-order valence-corrected chi connectivity index (χ3v) is 3.57. The molecule has 0 radical (unpaired) electrons. The molecule has 1 N–H and O–H groups in total. The Morgan fingerprint density at radius 1 is 1.27 bits per heavy atom. The van der Waals surface area contributed by atoms with Crippen molar-refractivity contribution in [2.45, 2.75) is 12.8 Å². The average molecular weight is 319 g/mol. The van der Waals surface area contributed by atoms with Gasteiger partial charge in [-0.05, 0) is 23.6 Å². The molecule has 2 aromatic carbocycles. The van der Waals surface area contributed by atoms with Crippen LogP contribution in [-0.4, -0.2) is 17.4 Å². The molecule has 2 aromatic rings. The molecule has 6 heteroatoms. The highest BCUT2D eigenvalue weighted by Crippen LogP contribution is 2.23. The molecule has 0 aromatic heterocycles. The first-order chi connectivity index (χ1) is 10.5. The molecule has 22 heavy (non-hydrogen) atoms. The normalized spacial score (nSPS) is 11.7. The number of carbonyl (C=O) groups is 1. The zero-order valence-corrected chi connectivity index (χ0v) is 12.7. The van der Waals surface area contributed by atoms with Gasteiger partial charge in [0, 0.05) is 17.6 Å². The van der Waals surface area contributed by atoms with Crippen molar-refractivity contribution in [1.82, 2.24) is 5.32 Å². The summed E-state index contributed by atoms with van der Waals surface area (Å²) in [5.41, 5.74) is 0.806. The summed E-state index contributed by atoms with van der Waals surface area (Å²) in [6, 6.07) is 13.7. The third kappa shape index (κ3) is 3.83. The van der Waals surface area contributed by atoms with E-state index in [1.807, 2.05) is 37.3 Å². The Kier molecular flexibility index (Phi) is 5.12. The molecule has 0 heterocycles. The molecule has 0 fully saturated rings. The zero-order chi connectivity index (χ0) is 16.1. The van der Waals surface area contributed by atoms with Gasteiger partial charge >= 0.3 is 0 Å². The van der Waals surface area contributed by atoms with Crippen molar-refractivity contribution in [3.63, 3.8) is 0 Å². The number of nitrogens with one attached hydrogen (secondary N) is 1. The fraction of sp³-hybridized carbons (Fsp3) is 0.188. The van der Waals surface area contributed by atoms with Gasteiger partial charge < -0.3 is 5.32 Å². The van der Waals surface area contributed by atoms with Crippen LogP contribution < -0.4 is 5.32 Å². The predicted molar refractivity (Wildman–Crippen MR) is 85.3 cm³/mol. The molecular formula is C16H15ClN2O3. The first-order valence-corrected chi connectivity index (χ1v) is 7.14. The highest BCUT2D eigenvalue weighted by molar-refractivity contribution is 6.31. The summed E-state index contributed by atoms with van der Waals surface area (Å²) in [6.45, 7) is 2.37. The maximum absolute atomic E-state index is 12.2. The van der Waals surface area contributed by atoms with E-state index in [-0.39, 0.29) is 22.2 Å². The van der Waals surface area contributed by atoms with Gasteiger partial charge in [-0.3, -0.25) is 14.9 Å². The first-order valence-electron chi connectivity index (χ1n) is 6.76. The van der Waals surface area contributed by atoms with Crippen molar-refractivity contribution < 1.29 is 9.72 Å². The Morgan fingerprint density at radius 2 is 1.95 bits per heavy atom. The van der Waals surface area contributed by atoms with Crippen LogP contribution in [-0.2, 0) is 0 Å². The predicted octanol–water partition coefficient (Wildman–Crippen LogP) is 3.78. The zero-order valence-electron chi connectivity index (χ0n) is 12.0. The van der Waals surface area contributed by atoms with Crippen LogP contribution in [0.2, 0.25) is 5.02 Å². The molecule has 5 nitrogen and oxygen atoms in total. The van der Waals surface area contributed by atoms with E-state index in [0.29, 0.717) is 6.54 Å². The Hall–Kier alpha value is -2.40. The molecule has 0 aliphatic rings. The van der Waals surface area contributed by atoms with E-state index in [1.165, 1.54) is 18.2 Å². The van der Waals surface area contributed by atoms with Gasteiger partial charge in [-0.25, -0.2) is 0 Å². The molecule has 0 saturated heterocycles.